The summed E-state index contributed by atoms with van der Waals surface area (Å²) in [6, 6.07) is 7.67. The highest BCUT2D eigenvalue weighted by Crippen LogP contribution is 2.33. The lowest BCUT2D eigenvalue weighted by Crippen LogP contribution is -2.01. The van der Waals surface area contributed by atoms with Crippen molar-refractivity contribution in [3.05, 3.63) is 58.6 Å². The summed E-state index contributed by atoms with van der Waals surface area (Å²) in [5.74, 6) is -1.90. The highest BCUT2D eigenvalue weighted by Gasteiger charge is 2.18. The monoisotopic (exact) mass is 322 g/mol. The Bertz CT molecular complexity index is 886. The minimum atomic E-state index is -0.759. The van der Waals surface area contributed by atoms with Gasteiger partial charge in [0.1, 0.15) is 28.5 Å². The molecule has 1 heterocycles. The standard InChI is InChI=1S/C16H9ClF2O3/c1-21-16(20)12-6-9(17)4-8-5-14(22-15(8)12)11-3-2-10(18)7-13(11)19/h2-7H,1H3. The number of carbonyl (C=O) groups is 1. The third-order valence-corrected chi connectivity index (χ3v) is 3.40. The second kappa shape index (κ2) is 5.42. The number of benzene rings is 2. The van der Waals surface area contributed by atoms with Crippen molar-refractivity contribution in [2.24, 2.45) is 0 Å². The van der Waals surface area contributed by atoms with Gasteiger partial charge in [-0.25, -0.2) is 13.6 Å². The van der Waals surface area contributed by atoms with Crippen LogP contribution >= 0.6 is 11.6 Å². The fourth-order valence-electron chi connectivity index (χ4n) is 2.20. The first-order valence-corrected chi connectivity index (χ1v) is 6.64. The fraction of sp³-hybridized carbons (Fsp3) is 0.0625. The second-order valence-corrected chi connectivity index (χ2v) is 5.03. The number of methoxy groups -OCH3 is 1. The summed E-state index contributed by atoms with van der Waals surface area (Å²) in [6.07, 6.45) is 0. The van der Waals surface area contributed by atoms with E-state index in [1.165, 1.54) is 25.3 Å². The Labute approximate surface area is 129 Å². The average molecular weight is 323 g/mol. The molecule has 0 aliphatic carbocycles. The Kier molecular flexibility index (Phi) is 3.58. The van der Waals surface area contributed by atoms with Gasteiger partial charge < -0.3 is 9.15 Å². The minimum Gasteiger partial charge on any atom is -0.465 e. The van der Waals surface area contributed by atoms with Gasteiger partial charge >= 0.3 is 5.97 Å². The molecule has 0 saturated heterocycles. The van der Waals surface area contributed by atoms with Gasteiger partial charge in [0.05, 0.1) is 12.7 Å². The number of furan rings is 1. The lowest BCUT2D eigenvalue weighted by atomic mass is 10.1. The van der Waals surface area contributed by atoms with Crippen molar-refractivity contribution >= 4 is 28.5 Å². The van der Waals surface area contributed by atoms with Gasteiger partial charge in [-0.1, -0.05) is 11.6 Å². The van der Waals surface area contributed by atoms with E-state index in [-0.39, 0.29) is 22.5 Å². The zero-order valence-corrected chi connectivity index (χ0v) is 12.1. The van der Waals surface area contributed by atoms with E-state index < -0.39 is 17.6 Å². The molecule has 0 bridgehead atoms. The third kappa shape index (κ3) is 2.44. The summed E-state index contributed by atoms with van der Waals surface area (Å²) in [6.45, 7) is 0. The van der Waals surface area contributed by atoms with E-state index in [1.807, 2.05) is 0 Å². The molecule has 0 N–H and O–H groups in total. The largest absolute Gasteiger partial charge is 0.465 e. The normalized spacial score (nSPS) is 10.9. The molecule has 2 aromatic carbocycles. The maximum absolute atomic E-state index is 13.9. The summed E-state index contributed by atoms with van der Waals surface area (Å²) in [5.41, 5.74) is 0.457. The van der Waals surface area contributed by atoms with Crippen molar-refractivity contribution in [3.8, 4) is 11.3 Å². The molecule has 0 spiro atoms. The number of carbonyl (C=O) groups excluding carboxylic acids is 1. The molecule has 22 heavy (non-hydrogen) atoms. The number of fused-ring (bicyclic) bond motifs is 1. The van der Waals surface area contributed by atoms with Crippen LogP contribution in [0.3, 0.4) is 0 Å². The topological polar surface area (TPSA) is 39.4 Å². The second-order valence-electron chi connectivity index (χ2n) is 4.60. The van der Waals surface area contributed by atoms with E-state index in [2.05, 4.69) is 4.74 Å². The van der Waals surface area contributed by atoms with Crippen LogP contribution in [0.4, 0.5) is 8.78 Å². The SMILES string of the molecule is COC(=O)c1cc(Cl)cc2cc(-c3ccc(F)cc3F)oc12. The first-order chi connectivity index (χ1) is 10.5. The highest BCUT2D eigenvalue weighted by atomic mass is 35.5. The molecule has 1 aromatic heterocycles. The molecule has 0 aliphatic heterocycles. The van der Waals surface area contributed by atoms with Crippen molar-refractivity contribution in [3.63, 3.8) is 0 Å². The molecule has 0 unspecified atom stereocenters. The van der Waals surface area contributed by atoms with Crippen molar-refractivity contribution in [1.82, 2.24) is 0 Å². The van der Waals surface area contributed by atoms with Crippen LogP contribution in [0.15, 0.2) is 40.8 Å². The van der Waals surface area contributed by atoms with E-state index in [4.69, 9.17) is 16.0 Å². The minimum absolute atomic E-state index is 0.0875. The molecule has 0 fully saturated rings. The first kappa shape index (κ1) is 14.5. The highest BCUT2D eigenvalue weighted by molar-refractivity contribution is 6.32. The van der Waals surface area contributed by atoms with Gasteiger partial charge in [-0.2, -0.15) is 0 Å². The molecular formula is C16H9ClF2O3. The number of hydrogen-bond donors (Lipinski definition) is 0. The van der Waals surface area contributed by atoms with E-state index >= 15 is 0 Å². The van der Waals surface area contributed by atoms with E-state index in [0.29, 0.717) is 10.4 Å². The van der Waals surface area contributed by atoms with Crippen LogP contribution in [0, 0.1) is 11.6 Å². The van der Waals surface area contributed by atoms with Crippen molar-refractivity contribution in [1.29, 1.82) is 0 Å². The van der Waals surface area contributed by atoms with Gasteiger partial charge in [0.15, 0.2) is 0 Å². The molecule has 0 aliphatic rings. The lowest BCUT2D eigenvalue weighted by molar-refractivity contribution is 0.0602. The molecule has 0 amide bonds. The molecule has 0 saturated carbocycles. The Morgan fingerprint density at radius 3 is 2.64 bits per heavy atom. The molecule has 0 atom stereocenters. The van der Waals surface area contributed by atoms with Gasteiger partial charge in [-0.15, -0.1) is 0 Å². The van der Waals surface area contributed by atoms with Crippen LogP contribution in [0.1, 0.15) is 10.4 Å². The molecule has 3 nitrogen and oxygen atoms in total. The lowest BCUT2D eigenvalue weighted by Gasteiger charge is -2.01. The first-order valence-electron chi connectivity index (χ1n) is 6.26. The molecule has 3 rings (SSSR count). The van der Waals surface area contributed by atoms with Crippen LogP contribution in [0.25, 0.3) is 22.3 Å². The van der Waals surface area contributed by atoms with E-state index in [0.717, 1.165) is 12.1 Å². The van der Waals surface area contributed by atoms with Gasteiger partial charge in [-0.05, 0) is 30.3 Å². The summed E-state index contributed by atoms with van der Waals surface area (Å²) >= 11 is 5.96. The smallest absolute Gasteiger partial charge is 0.341 e. The van der Waals surface area contributed by atoms with Crippen LogP contribution < -0.4 is 0 Å². The van der Waals surface area contributed by atoms with Gasteiger partial charge in [0.2, 0.25) is 0 Å². The van der Waals surface area contributed by atoms with Gasteiger partial charge in [-0.3, -0.25) is 0 Å². The summed E-state index contributed by atoms with van der Waals surface area (Å²) in [4.78, 5) is 11.8. The molecule has 112 valence electrons. The van der Waals surface area contributed by atoms with Crippen molar-refractivity contribution < 1.29 is 22.7 Å². The van der Waals surface area contributed by atoms with Crippen LogP contribution in [-0.2, 0) is 4.74 Å². The molecule has 3 aromatic rings. The molecule has 0 radical (unpaired) electrons. The Hall–Kier alpha value is -2.40. The maximum Gasteiger partial charge on any atom is 0.341 e. The Morgan fingerprint density at radius 2 is 1.95 bits per heavy atom. The van der Waals surface area contributed by atoms with Crippen molar-refractivity contribution in [2.75, 3.05) is 7.11 Å². The van der Waals surface area contributed by atoms with Gasteiger partial charge in [0, 0.05) is 16.5 Å². The summed E-state index contributed by atoms with van der Waals surface area (Å²) in [7, 11) is 1.23. The molecule has 6 heteroatoms. The number of rotatable bonds is 2. The van der Waals surface area contributed by atoms with E-state index in [9.17, 15) is 13.6 Å². The fourth-order valence-corrected chi connectivity index (χ4v) is 2.43. The Balaban J connectivity index is 2.23. The quantitative estimate of drug-likeness (QED) is 0.635. The van der Waals surface area contributed by atoms with Crippen LogP contribution in [0.5, 0.6) is 0 Å². The number of esters is 1. The zero-order valence-electron chi connectivity index (χ0n) is 11.3. The van der Waals surface area contributed by atoms with Crippen molar-refractivity contribution in [2.45, 2.75) is 0 Å². The predicted molar refractivity (Wildman–Crippen MR) is 77.9 cm³/mol. The van der Waals surface area contributed by atoms with Crippen LogP contribution in [0.2, 0.25) is 5.02 Å². The number of hydrogen-bond acceptors (Lipinski definition) is 3. The van der Waals surface area contributed by atoms with Gasteiger partial charge in [0.25, 0.3) is 0 Å². The summed E-state index contributed by atoms with van der Waals surface area (Å²) in [5, 5.41) is 0.839. The van der Waals surface area contributed by atoms with E-state index in [1.54, 1.807) is 6.07 Å². The Morgan fingerprint density at radius 1 is 1.18 bits per heavy atom. The number of halogens is 3. The predicted octanol–water partition coefficient (Wildman–Crippen LogP) is 4.82. The molecular weight excluding hydrogens is 314 g/mol. The maximum atomic E-state index is 13.9. The third-order valence-electron chi connectivity index (χ3n) is 3.18. The summed E-state index contributed by atoms with van der Waals surface area (Å²) < 4.78 is 37.1. The van der Waals surface area contributed by atoms with Crippen LogP contribution in [-0.4, -0.2) is 13.1 Å². The number of ether oxygens (including phenoxy) is 1. The average Bonchev–Trinajstić information content (AvgIpc) is 2.88. The zero-order chi connectivity index (χ0) is 15.9.